The van der Waals surface area contributed by atoms with Crippen molar-refractivity contribution in [1.29, 1.82) is 0 Å². The molecule has 2 rings (SSSR count). The van der Waals surface area contributed by atoms with Gasteiger partial charge >= 0.3 is 0 Å². The van der Waals surface area contributed by atoms with Crippen LogP contribution in [0.15, 0.2) is 59.5 Å². The van der Waals surface area contributed by atoms with Gasteiger partial charge in [0.2, 0.25) is 0 Å². The van der Waals surface area contributed by atoms with Crippen LogP contribution in [0.4, 0.5) is 4.39 Å². The Kier molecular flexibility index (Phi) is 5.32. The quantitative estimate of drug-likeness (QED) is 0.830. The standard InChI is InChI=1S/C17H19FO3S/c1-2-13(12-19)17(14-6-4-3-5-7-14)22(20,21)16-10-8-15(18)9-11-16/h3-11,13,17,19H,2,12H2,1H3/t13-,17?/m1/s1. The molecule has 0 radical (unpaired) electrons. The van der Waals surface area contributed by atoms with Gasteiger partial charge in [-0.25, -0.2) is 12.8 Å². The second-order valence-corrected chi connectivity index (χ2v) is 7.25. The second kappa shape index (κ2) is 7.03. The molecule has 0 bridgehead atoms. The molecule has 5 heteroatoms. The number of halogens is 1. The normalized spacial score (nSPS) is 14.5. The molecule has 0 fully saturated rings. The molecule has 0 amide bonds. The van der Waals surface area contributed by atoms with Crippen LogP contribution >= 0.6 is 0 Å². The van der Waals surface area contributed by atoms with Crippen molar-refractivity contribution in [1.82, 2.24) is 0 Å². The molecular weight excluding hydrogens is 303 g/mol. The molecule has 2 aromatic carbocycles. The number of rotatable bonds is 6. The van der Waals surface area contributed by atoms with Crippen molar-refractivity contribution in [2.45, 2.75) is 23.5 Å². The van der Waals surface area contributed by atoms with Gasteiger partial charge in [-0.2, -0.15) is 0 Å². The largest absolute Gasteiger partial charge is 0.396 e. The van der Waals surface area contributed by atoms with E-state index in [0.29, 0.717) is 12.0 Å². The lowest BCUT2D eigenvalue weighted by molar-refractivity contribution is 0.217. The predicted octanol–water partition coefficient (Wildman–Crippen LogP) is 3.36. The molecule has 118 valence electrons. The second-order valence-electron chi connectivity index (χ2n) is 5.18. The van der Waals surface area contributed by atoms with E-state index in [-0.39, 0.29) is 11.5 Å². The Balaban J connectivity index is 2.55. The van der Waals surface area contributed by atoms with Crippen molar-refractivity contribution >= 4 is 9.84 Å². The van der Waals surface area contributed by atoms with Gasteiger partial charge in [0.25, 0.3) is 0 Å². The lowest BCUT2D eigenvalue weighted by atomic mass is 9.97. The van der Waals surface area contributed by atoms with Crippen molar-refractivity contribution in [3.63, 3.8) is 0 Å². The third-order valence-corrected chi connectivity index (χ3v) is 6.05. The molecule has 0 saturated carbocycles. The zero-order valence-corrected chi connectivity index (χ0v) is 13.1. The first-order chi connectivity index (χ1) is 10.5. The van der Waals surface area contributed by atoms with Gasteiger partial charge < -0.3 is 5.11 Å². The molecule has 0 aliphatic rings. The van der Waals surface area contributed by atoms with Crippen LogP contribution in [-0.2, 0) is 9.84 Å². The van der Waals surface area contributed by atoms with E-state index in [0.717, 1.165) is 12.1 Å². The Bertz CT molecular complexity index is 692. The predicted molar refractivity (Wildman–Crippen MR) is 83.6 cm³/mol. The Morgan fingerprint density at radius 3 is 2.14 bits per heavy atom. The van der Waals surface area contributed by atoms with Gasteiger partial charge in [0.15, 0.2) is 9.84 Å². The summed E-state index contributed by atoms with van der Waals surface area (Å²) >= 11 is 0. The van der Waals surface area contributed by atoms with Crippen LogP contribution < -0.4 is 0 Å². The van der Waals surface area contributed by atoms with Crippen molar-refractivity contribution in [2.75, 3.05) is 6.61 Å². The van der Waals surface area contributed by atoms with E-state index < -0.39 is 26.8 Å². The van der Waals surface area contributed by atoms with Gasteiger partial charge in [-0.05, 0) is 36.2 Å². The maximum Gasteiger partial charge on any atom is 0.185 e. The van der Waals surface area contributed by atoms with Gasteiger partial charge in [0, 0.05) is 12.5 Å². The molecule has 0 saturated heterocycles. The summed E-state index contributed by atoms with van der Waals surface area (Å²) in [5, 5.41) is 8.74. The van der Waals surface area contributed by atoms with Crippen LogP contribution in [0.1, 0.15) is 24.2 Å². The van der Waals surface area contributed by atoms with E-state index in [2.05, 4.69) is 0 Å². The first-order valence-electron chi connectivity index (χ1n) is 7.16. The minimum atomic E-state index is -3.72. The summed E-state index contributed by atoms with van der Waals surface area (Å²) in [6.07, 6.45) is 0.524. The number of sulfone groups is 1. The maximum atomic E-state index is 13.1. The van der Waals surface area contributed by atoms with E-state index in [1.807, 2.05) is 13.0 Å². The van der Waals surface area contributed by atoms with E-state index in [1.165, 1.54) is 12.1 Å². The van der Waals surface area contributed by atoms with Crippen LogP contribution in [0, 0.1) is 11.7 Å². The number of hydrogen-bond donors (Lipinski definition) is 1. The summed E-state index contributed by atoms with van der Waals surface area (Å²) in [4.78, 5) is 0.0645. The van der Waals surface area contributed by atoms with Crippen LogP contribution in [0.3, 0.4) is 0 Å². The minimum absolute atomic E-state index is 0.0645. The highest BCUT2D eigenvalue weighted by Gasteiger charge is 2.34. The summed E-state index contributed by atoms with van der Waals surface area (Å²) < 4.78 is 39.0. The highest BCUT2D eigenvalue weighted by molar-refractivity contribution is 7.91. The Hall–Kier alpha value is -1.72. The van der Waals surface area contributed by atoms with Crippen molar-refractivity contribution < 1.29 is 17.9 Å². The first-order valence-corrected chi connectivity index (χ1v) is 8.70. The molecule has 0 aliphatic heterocycles. The molecule has 22 heavy (non-hydrogen) atoms. The minimum Gasteiger partial charge on any atom is -0.396 e. The van der Waals surface area contributed by atoms with E-state index in [9.17, 15) is 17.9 Å². The van der Waals surface area contributed by atoms with Crippen molar-refractivity contribution in [2.24, 2.45) is 5.92 Å². The molecule has 1 unspecified atom stereocenters. The average Bonchev–Trinajstić information content (AvgIpc) is 2.53. The third kappa shape index (κ3) is 3.36. The highest BCUT2D eigenvalue weighted by Crippen LogP contribution is 2.36. The molecule has 0 spiro atoms. The SMILES string of the molecule is CC[C@H](CO)C(c1ccccc1)S(=O)(=O)c1ccc(F)cc1. The molecule has 1 N–H and O–H groups in total. The van der Waals surface area contributed by atoms with Gasteiger partial charge in [0.1, 0.15) is 5.82 Å². The zero-order chi connectivity index (χ0) is 16.2. The van der Waals surface area contributed by atoms with E-state index in [4.69, 9.17) is 0 Å². The number of hydrogen-bond acceptors (Lipinski definition) is 3. The van der Waals surface area contributed by atoms with Gasteiger partial charge in [-0.15, -0.1) is 0 Å². The first kappa shape index (κ1) is 16.6. The molecule has 0 heterocycles. The van der Waals surface area contributed by atoms with Crippen LogP contribution in [0.25, 0.3) is 0 Å². The number of benzene rings is 2. The highest BCUT2D eigenvalue weighted by atomic mass is 32.2. The third-order valence-electron chi connectivity index (χ3n) is 3.79. The molecule has 2 atom stereocenters. The molecule has 0 aliphatic carbocycles. The van der Waals surface area contributed by atoms with Gasteiger partial charge in [-0.1, -0.05) is 37.3 Å². The molecular formula is C17H19FO3S. The molecule has 0 aromatic heterocycles. The summed E-state index contributed by atoms with van der Waals surface area (Å²) in [6.45, 7) is 1.62. The van der Waals surface area contributed by atoms with Gasteiger partial charge in [-0.3, -0.25) is 0 Å². The van der Waals surface area contributed by atoms with Crippen molar-refractivity contribution in [3.05, 3.63) is 66.0 Å². The topological polar surface area (TPSA) is 54.4 Å². The average molecular weight is 322 g/mol. The summed E-state index contributed by atoms with van der Waals surface area (Å²) in [5.41, 5.74) is 0.632. The lowest BCUT2D eigenvalue weighted by Crippen LogP contribution is -2.24. The lowest BCUT2D eigenvalue weighted by Gasteiger charge is -2.25. The Morgan fingerprint density at radius 2 is 1.64 bits per heavy atom. The van der Waals surface area contributed by atoms with Crippen LogP contribution in [0.2, 0.25) is 0 Å². The fraction of sp³-hybridized carbons (Fsp3) is 0.294. The monoisotopic (exact) mass is 322 g/mol. The summed E-state index contributed by atoms with van der Waals surface area (Å²) in [7, 11) is -3.72. The Morgan fingerprint density at radius 1 is 1.05 bits per heavy atom. The fourth-order valence-corrected chi connectivity index (χ4v) is 4.67. The van der Waals surface area contributed by atoms with Gasteiger partial charge in [0.05, 0.1) is 10.1 Å². The maximum absolute atomic E-state index is 13.1. The number of aliphatic hydroxyl groups is 1. The fourth-order valence-electron chi connectivity index (χ4n) is 2.56. The van der Waals surface area contributed by atoms with Crippen LogP contribution in [-0.4, -0.2) is 20.1 Å². The smallest absolute Gasteiger partial charge is 0.185 e. The molecule has 2 aromatic rings. The summed E-state index contributed by atoms with van der Waals surface area (Å²) in [6, 6.07) is 13.6. The Labute approximate surface area is 130 Å². The summed E-state index contributed by atoms with van der Waals surface area (Å²) in [5.74, 6) is -0.901. The number of aliphatic hydroxyl groups excluding tert-OH is 1. The van der Waals surface area contributed by atoms with Crippen molar-refractivity contribution in [3.8, 4) is 0 Å². The van der Waals surface area contributed by atoms with E-state index >= 15 is 0 Å². The zero-order valence-electron chi connectivity index (χ0n) is 12.3. The van der Waals surface area contributed by atoms with Crippen LogP contribution in [0.5, 0.6) is 0 Å². The van der Waals surface area contributed by atoms with E-state index in [1.54, 1.807) is 24.3 Å². The molecule has 3 nitrogen and oxygen atoms in total.